The Bertz CT molecular complexity index is 1280. The van der Waals surface area contributed by atoms with E-state index in [2.05, 4.69) is 47.4 Å². The maximum absolute atomic E-state index is 12.7. The number of rotatable bonds is 6. The Balaban J connectivity index is 1.60. The van der Waals surface area contributed by atoms with E-state index in [1.54, 1.807) is 0 Å². The van der Waals surface area contributed by atoms with Gasteiger partial charge in [0.05, 0.1) is 11.4 Å². The molecule has 1 N–H and O–H groups in total. The minimum absolute atomic E-state index is 0.142. The lowest BCUT2D eigenvalue weighted by Gasteiger charge is -2.12. The number of thioether (sulfide) groups is 1. The van der Waals surface area contributed by atoms with Gasteiger partial charge in [0.2, 0.25) is 5.91 Å². The second-order valence-electron chi connectivity index (χ2n) is 7.42. The Labute approximate surface area is 218 Å². The average Bonchev–Trinajstić information content (AvgIpc) is 3.20. The molecule has 1 amide bonds. The summed E-state index contributed by atoms with van der Waals surface area (Å²) in [6, 6.07) is 19.5. The Hall–Kier alpha value is -2.13. The van der Waals surface area contributed by atoms with Gasteiger partial charge in [0.25, 0.3) is 0 Å². The van der Waals surface area contributed by atoms with Gasteiger partial charge in [-0.25, -0.2) is 0 Å². The number of hydrogen-bond donors (Lipinski definition) is 1. The number of anilines is 1. The molecule has 0 unspecified atom stereocenters. The van der Waals surface area contributed by atoms with Gasteiger partial charge in [0, 0.05) is 25.2 Å². The maximum atomic E-state index is 12.7. The molecule has 0 bridgehead atoms. The number of benzene rings is 3. The fourth-order valence-electron chi connectivity index (χ4n) is 3.20. The molecule has 0 saturated carbocycles. The Morgan fingerprint density at radius 2 is 1.61 bits per heavy atom. The molecule has 0 radical (unpaired) electrons. The van der Waals surface area contributed by atoms with Crippen molar-refractivity contribution >= 4 is 66.8 Å². The Kier molecular flexibility index (Phi) is 7.58. The molecule has 0 aliphatic carbocycles. The van der Waals surface area contributed by atoms with Crippen LogP contribution in [-0.2, 0) is 4.79 Å². The minimum Gasteiger partial charge on any atom is -0.323 e. The third kappa shape index (κ3) is 5.69. The van der Waals surface area contributed by atoms with Crippen LogP contribution in [0.1, 0.15) is 11.1 Å². The van der Waals surface area contributed by atoms with Crippen LogP contribution >= 0.6 is 55.2 Å². The first-order valence-electron chi connectivity index (χ1n) is 9.98. The van der Waals surface area contributed by atoms with Crippen LogP contribution in [0.15, 0.2) is 74.8 Å². The van der Waals surface area contributed by atoms with Crippen molar-refractivity contribution < 1.29 is 4.79 Å². The summed E-state index contributed by atoms with van der Waals surface area (Å²) in [5, 5.41) is 13.0. The molecule has 5 nitrogen and oxygen atoms in total. The van der Waals surface area contributed by atoms with Gasteiger partial charge < -0.3 is 5.32 Å². The van der Waals surface area contributed by atoms with Crippen molar-refractivity contribution in [1.82, 2.24) is 14.8 Å². The largest absolute Gasteiger partial charge is 0.323 e. The first kappa shape index (κ1) is 24.0. The van der Waals surface area contributed by atoms with Crippen LogP contribution in [0.25, 0.3) is 17.1 Å². The lowest BCUT2D eigenvalue weighted by molar-refractivity contribution is -0.113. The number of carbonyl (C=O) groups excluding carboxylic acids is 1. The summed E-state index contributed by atoms with van der Waals surface area (Å²) in [5.74, 6) is 0.719. The molecular weight excluding hydrogens is 588 g/mol. The van der Waals surface area contributed by atoms with E-state index >= 15 is 0 Å². The second-order valence-corrected chi connectivity index (χ2v) is 10.5. The van der Waals surface area contributed by atoms with Crippen molar-refractivity contribution in [3.63, 3.8) is 0 Å². The van der Waals surface area contributed by atoms with E-state index < -0.39 is 0 Å². The Morgan fingerprint density at radius 1 is 0.970 bits per heavy atom. The molecule has 1 aromatic heterocycles. The predicted octanol–water partition coefficient (Wildman–Crippen LogP) is 7.46. The van der Waals surface area contributed by atoms with Gasteiger partial charge in [-0.1, -0.05) is 41.1 Å². The van der Waals surface area contributed by atoms with E-state index in [1.165, 1.54) is 11.8 Å². The fourth-order valence-corrected chi connectivity index (χ4v) is 5.69. The number of aryl methyl sites for hydroxylation is 2. The zero-order valence-corrected chi connectivity index (χ0v) is 22.5. The minimum atomic E-state index is -0.142. The smallest absolute Gasteiger partial charge is 0.234 e. The average molecular weight is 607 g/mol. The molecule has 9 heteroatoms. The second kappa shape index (κ2) is 10.4. The van der Waals surface area contributed by atoms with Crippen LogP contribution in [-0.4, -0.2) is 26.4 Å². The van der Waals surface area contributed by atoms with Crippen LogP contribution in [0.3, 0.4) is 0 Å². The third-order valence-corrected chi connectivity index (χ3v) is 7.24. The van der Waals surface area contributed by atoms with Crippen molar-refractivity contribution in [2.45, 2.75) is 19.0 Å². The van der Waals surface area contributed by atoms with E-state index in [0.29, 0.717) is 21.7 Å². The summed E-state index contributed by atoms with van der Waals surface area (Å²) in [4.78, 5) is 12.7. The number of carbonyl (C=O) groups is 1. The molecule has 0 atom stereocenters. The molecule has 0 saturated heterocycles. The molecule has 4 rings (SSSR count). The lowest BCUT2D eigenvalue weighted by atomic mass is 10.2. The highest BCUT2D eigenvalue weighted by atomic mass is 79.9. The fraction of sp³-hybridized carbons (Fsp3) is 0.125. The van der Waals surface area contributed by atoms with Gasteiger partial charge in [-0.2, -0.15) is 0 Å². The summed E-state index contributed by atoms with van der Waals surface area (Å²) in [5.41, 5.74) is 4.75. The van der Waals surface area contributed by atoms with Gasteiger partial charge in [-0.15, -0.1) is 10.2 Å². The zero-order chi connectivity index (χ0) is 23.5. The van der Waals surface area contributed by atoms with Crippen molar-refractivity contribution in [2.75, 3.05) is 11.1 Å². The van der Waals surface area contributed by atoms with Gasteiger partial charge >= 0.3 is 0 Å². The van der Waals surface area contributed by atoms with Gasteiger partial charge in [-0.3, -0.25) is 9.36 Å². The molecule has 0 spiro atoms. The SMILES string of the molecule is Cc1ccc(-n2c(SCC(=O)Nc3c(Br)cc(C)cc3Br)nnc2-c2ccc(Cl)cc2)cc1. The normalized spacial score (nSPS) is 10.9. The van der Waals surface area contributed by atoms with Crippen LogP contribution in [0.5, 0.6) is 0 Å². The van der Waals surface area contributed by atoms with Gasteiger partial charge in [0.1, 0.15) is 0 Å². The highest BCUT2D eigenvalue weighted by Gasteiger charge is 2.18. The van der Waals surface area contributed by atoms with E-state index in [-0.39, 0.29) is 11.7 Å². The molecule has 33 heavy (non-hydrogen) atoms. The zero-order valence-electron chi connectivity index (χ0n) is 17.8. The summed E-state index contributed by atoms with van der Waals surface area (Å²) >= 11 is 14.4. The molecule has 0 aliphatic heterocycles. The van der Waals surface area contributed by atoms with Crippen molar-refractivity contribution in [2.24, 2.45) is 0 Å². The van der Waals surface area contributed by atoms with Crippen LogP contribution in [0.4, 0.5) is 5.69 Å². The number of amides is 1. The topological polar surface area (TPSA) is 59.8 Å². The number of halogens is 3. The van der Waals surface area contributed by atoms with Crippen LogP contribution in [0, 0.1) is 13.8 Å². The summed E-state index contributed by atoms with van der Waals surface area (Å²) in [6.45, 7) is 4.03. The molecule has 3 aromatic carbocycles. The van der Waals surface area contributed by atoms with Crippen LogP contribution in [0.2, 0.25) is 5.02 Å². The predicted molar refractivity (Wildman–Crippen MR) is 142 cm³/mol. The number of aromatic nitrogens is 3. The first-order chi connectivity index (χ1) is 15.8. The van der Waals surface area contributed by atoms with Crippen molar-refractivity contribution in [1.29, 1.82) is 0 Å². The number of nitrogens with one attached hydrogen (secondary N) is 1. The first-order valence-corrected chi connectivity index (χ1v) is 12.9. The van der Waals surface area contributed by atoms with Crippen molar-refractivity contribution in [3.05, 3.63) is 85.8 Å². The summed E-state index contributed by atoms with van der Waals surface area (Å²) in [6.07, 6.45) is 0. The molecule has 0 aliphatic rings. The maximum Gasteiger partial charge on any atom is 0.234 e. The quantitative estimate of drug-likeness (QED) is 0.232. The number of hydrogen-bond acceptors (Lipinski definition) is 4. The molecule has 1 heterocycles. The van der Waals surface area contributed by atoms with Gasteiger partial charge in [-0.05, 0) is 99.8 Å². The third-order valence-electron chi connectivity index (χ3n) is 4.81. The van der Waals surface area contributed by atoms with E-state index in [1.807, 2.05) is 79.1 Å². The highest BCUT2D eigenvalue weighted by molar-refractivity contribution is 9.11. The highest BCUT2D eigenvalue weighted by Crippen LogP contribution is 2.33. The Morgan fingerprint density at radius 3 is 2.24 bits per heavy atom. The van der Waals surface area contributed by atoms with E-state index in [4.69, 9.17) is 11.6 Å². The van der Waals surface area contributed by atoms with E-state index in [0.717, 1.165) is 31.3 Å². The summed E-state index contributed by atoms with van der Waals surface area (Å²) in [7, 11) is 0. The van der Waals surface area contributed by atoms with Gasteiger partial charge in [0.15, 0.2) is 11.0 Å². The molecule has 0 fully saturated rings. The van der Waals surface area contributed by atoms with Crippen LogP contribution < -0.4 is 5.32 Å². The lowest BCUT2D eigenvalue weighted by Crippen LogP contribution is -2.15. The standard InChI is InChI=1S/C24H19Br2ClN4OS/c1-14-3-9-18(10-4-14)31-23(16-5-7-17(27)8-6-16)29-30-24(31)33-13-21(32)28-22-19(25)11-15(2)12-20(22)26/h3-12H,13H2,1-2H3,(H,28,32). The molecule has 4 aromatic rings. The number of nitrogens with zero attached hydrogens (tertiary/aromatic N) is 3. The summed E-state index contributed by atoms with van der Waals surface area (Å²) < 4.78 is 3.60. The molecular formula is C24H19Br2ClN4OS. The monoisotopic (exact) mass is 604 g/mol. The molecule has 168 valence electrons. The van der Waals surface area contributed by atoms with E-state index in [9.17, 15) is 4.79 Å². The van der Waals surface area contributed by atoms with Crippen molar-refractivity contribution in [3.8, 4) is 17.1 Å².